The highest BCUT2D eigenvalue weighted by Gasteiger charge is 2.50. The smallest absolute Gasteiger partial charge is 0.407 e. The molecule has 4 heterocycles. The molecule has 1 aromatic carbocycles. The van der Waals surface area contributed by atoms with Crippen molar-refractivity contribution in [3.05, 3.63) is 41.0 Å². The normalized spacial score (nSPS) is 21.6. The van der Waals surface area contributed by atoms with Gasteiger partial charge in [-0.05, 0) is 88.6 Å². The summed E-state index contributed by atoms with van der Waals surface area (Å²) < 4.78 is 15.6. The van der Waals surface area contributed by atoms with E-state index in [-0.39, 0.29) is 23.9 Å². The van der Waals surface area contributed by atoms with Crippen LogP contribution in [0, 0.1) is 11.8 Å². The number of aryl methyl sites for hydroxylation is 1. The van der Waals surface area contributed by atoms with Crippen LogP contribution in [0.15, 0.2) is 30.3 Å². The van der Waals surface area contributed by atoms with Crippen LogP contribution in [0.1, 0.15) is 56.8 Å². The van der Waals surface area contributed by atoms with Crippen molar-refractivity contribution in [1.29, 1.82) is 0 Å². The van der Waals surface area contributed by atoms with Crippen molar-refractivity contribution in [3.63, 3.8) is 0 Å². The fraction of sp³-hybridized carbons (Fsp3) is 0.500. The maximum Gasteiger partial charge on any atom is 0.407 e. The minimum absolute atomic E-state index is 0.0801. The lowest BCUT2D eigenvalue weighted by atomic mass is 10.1. The van der Waals surface area contributed by atoms with Gasteiger partial charge < -0.3 is 28.8 Å². The Morgan fingerprint density at radius 3 is 2.60 bits per heavy atom. The topological polar surface area (TPSA) is 104 Å². The molecule has 3 aromatic heterocycles. The Kier molecular flexibility index (Phi) is 6.61. The van der Waals surface area contributed by atoms with Crippen LogP contribution in [-0.4, -0.2) is 67.3 Å². The number of pyridine rings is 1. The molecule has 0 spiro atoms. The molecule has 3 fully saturated rings. The fourth-order valence-electron chi connectivity index (χ4n) is 6.91. The number of carbonyl (C=O) groups is 2. The molecule has 3 aliphatic rings. The quantitative estimate of drug-likeness (QED) is 0.280. The Morgan fingerprint density at radius 1 is 1.09 bits per heavy atom. The molecule has 2 saturated carbocycles. The summed E-state index contributed by atoms with van der Waals surface area (Å²) >= 11 is 6.29. The summed E-state index contributed by atoms with van der Waals surface area (Å²) in [6, 6.07) is 9.37. The first kappa shape index (κ1) is 28.0. The van der Waals surface area contributed by atoms with Gasteiger partial charge in [-0.25, -0.2) is 14.8 Å². The molecular weight excluding hydrogens is 568 g/mol. The number of carbonyl (C=O) groups excluding carboxylic acids is 2. The highest BCUT2D eigenvalue weighted by Crippen LogP contribution is 2.41. The highest BCUT2D eigenvalue weighted by molar-refractivity contribution is 6.29. The Hall–Kier alpha value is -3.79. The maximum atomic E-state index is 14.0. The van der Waals surface area contributed by atoms with E-state index in [0.717, 1.165) is 47.5 Å². The number of alkyl carbamates (subject to hydrolysis) is 1. The molecule has 1 N–H and O–H groups in total. The predicted octanol–water partition coefficient (Wildman–Crippen LogP) is 5.79. The molecule has 0 unspecified atom stereocenters. The van der Waals surface area contributed by atoms with Crippen LogP contribution in [0.25, 0.3) is 33.6 Å². The first-order valence-electron chi connectivity index (χ1n) is 15.0. The molecule has 2 aliphatic carbocycles. The van der Waals surface area contributed by atoms with Gasteiger partial charge in [0.05, 0.1) is 30.4 Å². The van der Waals surface area contributed by atoms with Crippen molar-refractivity contribution in [2.75, 3.05) is 13.7 Å². The molecule has 3 atom stereocenters. The number of benzene rings is 1. The van der Waals surface area contributed by atoms with Crippen LogP contribution >= 0.6 is 11.6 Å². The monoisotopic (exact) mass is 604 g/mol. The second kappa shape index (κ2) is 10.1. The first-order chi connectivity index (χ1) is 20.5. The summed E-state index contributed by atoms with van der Waals surface area (Å²) in [6.45, 7) is 6.98. The fourth-order valence-corrected chi connectivity index (χ4v) is 7.05. The lowest BCUT2D eigenvalue weighted by Gasteiger charge is -2.28. The van der Waals surface area contributed by atoms with E-state index in [1.165, 1.54) is 12.8 Å². The second-order valence-corrected chi connectivity index (χ2v) is 13.6. The number of imidazole rings is 1. The minimum Gasteiger partial charge on any atom is -0.494 e. The molecular formula is C32H37ClN6O4. The number of nitrogens with one attached hydrogen (secondary N) is 1. The molecule has 1 aliphatic heterocycles. The molecule has 10 nitrogen and oxygen atoms in total. The average Bonchev–Trinajstić information content (AvgIpc) is 3.31. The number of aromatic nitrogens is 4. The van der Waals surface area contributed by atoms with Gasteiger partial charge in [0.2, 0.25) is 0 Å². The maximum absolute atomic E-state index is 14.0. The summed E-state index contributed by atoms with van der Waals surface area (Å²) in [4.78, 5) is 38.1. The van der Waals surface area contributed by atoms with Crippen LogP contribution in [-0.2, 0) is 18.3 Å². The van der Waals surface area contributed by atoms with Crippen molar-refractivity contribution >= 4 is 45.7 Å². The number of amides is 2. The van der Waals surface area contributed by atoms with E-state index in [0.29, 0.717) is 34.4 Å². The summed E-state index contributed by atoms with van der Waals surface area (Å²) in [6.07, 6.45) is 3.77. The number of hydrogen-bond donors (Lipinski definition) is 1. The lowest BCUT2D eigenvalue weighted by Crippen LogP contribution is -2.46. The number of piperidine rings is 1. The summed E-state index contributed by atoms with van der Waals surface area (Å²) in [5, 5.41) is 4.51. The number of halogens is 1. The second-order valence-electron chi connectivity index (χ2n) is 13.2. The number of rotatable bonds is 6. The van der Waals surface area contributed by atoms with Crippen LogP contribution in [0.5, 0.6) is 5.75 Å². The van der Waals surface area contributed by atoms with Gasteiger partial charge in [0.15, 0.2) is 5.82 Å². The standard InChI is InChI=1S/C32H37ClN6O4/c1-32(2,3)43-31(41)36-26-19-8-10-22(26)39(16-19)30(40)20-12-21-27(24(14-20)42-5)37(4)29(34-21)23-13-18-9-11-25(33)35-28(18)38(23)15-17-6-7-17/h9,11-14,17,19,22,26H,6-8,10,15-16H2,1-5H3,(H,36,41)/t19-,22-,26-/m1/s1. The lowest BCUT2D eigenvalue weighted by molar-refractivity contribution is 0.0485. The zero-order valence-corrected chi connectivity index (χ0v) is 25.9. The van der Waals surface area contributed by atoms with Crippen LogP contribution in [0.4, 0.5) is 4.79 Å². The van der Waals surface area contributed by atoms with E-state index >= 15 is 0 Å². The van der Waals surface area contributed by atoms with Gasteiger partial charge in [0, 0.05) is 31.1 Å². The third-order valence-electron chi connectivity index (χ3n) is 9.01. The van der Waals surface area contributed by atoms with E-state index in [2.05, 4.69) is 20.9 Å². The Labute approximate surface area is 255 Å². The molecule has 2 bridgehead atoms. The number of methoxy groups -OCH3 is 1. The minimum atomic E-state index is -0.583. The Bertz CT molecular complexity index is 1770. The Morgan fingerprint density at radius 2 is 1.88 bits per heavy atom. The van der Waals surface area contributed by atoms with Crippen molar-refractivity contribution in [2.24, 2.45) is 18.9 Å². The molecule has 7 rings (SSSR count). The van der Waals surface area contributed by atoms with Gasteiger partial charge in [0.25, 0.3) is 5.91 Å². The first-order valence-corrected chi connectivity index (χ1v) is 15.4. The summed E-state index contributed by atoms with van der Waals surface area (Å²) in [5.74, 6) is 2.09. The molecule has 226 valence electrons. The average molecular weight is 605 g/mol. The van der Waals surface area contributed by atoms with E-state index in [9.17, 15) is 9.59 Å². The van der Waals surface area contributed by atoms with E-state index in [1.54, 1.807) is 13.2 Å². The van der Waals surface area contributed by atoms with Crippen molar-refractivity contribution < 1.29 is 19.1 Å². The van der Waals surface area contributed by atoms with Crippen molar-refractivity contribution in [1.82, 2.24) is 29.3 Å². The molecule has 43 heavy (non-hydrogen) atoms. The van der Waals surface area contributed by atoms with Gasteiger partial charge >= 0.3 is 6.09 Å². The Balaban J connectivity index is 1.23. The third kappa shape index (κ3) is 4.99. The third-order valence-corrected chi connectivity index (χ3v) is 9.22. The molecule has 4 aromatic rings. The predicted molar refractivity (Wildman–Crippen MR) is 164 cm³/mol. The number of likely N-dealkylation sites (tertiary alicyclic amines) is 1. The number of nitrogens with zero attached hydrogens (tertiary/aromatic N) is 5. The van der Waals surface area contributed by atoms with Gasteiger partial charge in [0.1, 0.15) is 27.7 Å². The van der Waals surface area contributed by atoms with Crippen LogP contribution in [0.2, 0.25) is 5.15 Å². The molecule has 1 saturated heterocycles. The zero-order chi connectivity index (χ0) is 30.2. The zero-order valence-electron chi connectivity index (χ0n) is 25.2. The van der Waals surface area contributed by atoms with Crippen molar-refractivity contribution in [2.45, 2.75) is 70.7 Å². The molecule has 2 amide bonds. The van der Waals surface area contributed by atoms with Gasteiger partial charge in [-0.3, -0.25) is 4.79 Å². The van der Waals surface area contributed by atoms with Gasteiger partial charge in [-0.15, -0.1) is 0 Å². The highest BCUT2D eigenvalue weighted by atomic mass is 35.5. The van der Waals surface area contributed by atoms with E-state index < -0.39 is 11.7 Å². The molecule has 0 radical (unpaired) electrons. The molecule has 11 heteroatoms. The number of ether oxygens (including phenoxy) is 2. The largest absolute Gasteiger partial charge is 0.494 e. The SMILES string of the molecule is COc1cc(C(=O)N2C[C@H]3CC[C@@H]2[C@@H]3NC(=O)OC(C)(C)C)cc2nc(-c3cc4ccc(Cl)nc4n3CC3CC3)n(C)c12. The van der Waals surface area contributed by atoms with Gasteiger partial charge in [-0.1, -0.05) is 11.6 Å². The van der Waals surface area contributed by atoms with Crippen molar-refractivity contribution in [3.8, 4) is 17.3 Å². The van der Waals surface area contributed by atoms with E-state index in [4.69, 9.17) is 26.1 Å². The van der Waals surface area contributed by atoms with Crippen LogP contribution < -0.4 is 10.1 Å². The van der Waals surface area contributed by atoms with E-state index in [1.807, 2.05) is 55.5 Å². The summed E-state index contributed by atoms with van der Waals surface area (Å²) in [5.41, 5.74) is 3.24. The number of fused-ring (bicyclic) bond motifs is 4. The van der Waals surface area contributed by atoms with Crippen LogP contribution in [0.3, 0.4) is 0 Å². The summed E-state index contributed by atoms with van der Waals surface area (Å²) in [7, 11) is 3.59. The number of hydrogen-bond acceptors (Lipinski definition) is 6. The van der Waals surface area contributed by atoms with Gasteiger partial charge in [-0.2, -0.15) is 0 Å².